The van der Waals surface area contributed by atoms with E-state index >= 15 is 0 Å². The van der Waals surface area contributed by atoms with Crippen molar-refractivity contribution >= 4 is 28.8 Å². The first-order valence-electron chi connectivity index (χ1n) is 5.02. The highest BCUT2D eigenvalue weighted by atomic mass is 35.5. The predicted octanol–water partition coefficient (Wildman–Crippen LogP) is 3.13. The number of rotatable bonds is 5. The third-order valence-electron chi connectivity index (χ3n) is 2.06. The van der Waals surface area contributed by atoms with E-state index in [2.05, 4.69) is 19.2 Å². The minimum Gasteiger partial charge on any atom is -0.348 e. The van der Waals surface area contributed by atoms with Gasteiger partial charge in [0.15, 0.2) is 0 Å². The smallest absolute Gasteiger partial charge is 0.252 e. The maximum absolute atomic E-state index is 11.7. The van der Waals surface area contributed by atoms with Crippen molar-refractivity contribution in [3.8, 4) is 0 Å². The van der Waals surface area contributed by atoms with Crippen LogP contribution in [0, 0.1) is 5.92 Å². The van der Waals surface area contributed by atoms with E-state index in [4.69, 9.17) is 11.6 Å². The Bertz CT molecular complexity index is 298. The largest absolute Gasteiger partial charge is 0.348 e. The first-order chi connectivity index (χ1) is 7.13. The van der Waals surface area contributed by atoms with Crippen LogP contribution in [0.3, 0.4) is 0 Å². The van der Waals surface area contributed by atoms with Gasteiger partial charge in [-0.25, -0.2) is 0 Å². The highest BCUT2D eigenvalue weighted by Crippen LogP contribution is 2.09. The van der Waals surface area contributed by atoms with E-state index in [1.165, 1.54) is 11.3 Å². The summed E-state index contributed by atoms with van der Waals surface area (Å²) in [5.41, 5.74) is 0.721. The van der Waals surface area contributed by atoms with Crippen molar-refractivity contribution < 1.29 is 4.79 Å². The van der Waals surface area contributed by atoms with Crippen LogP contribution in [-0.4, -0.2) is 17.8 Å². The molecule has 0 fully saturated rings. The lowest BCUT2D eigenvalue weighted by Crippen LogP contribution is -2.36. The van der Waals surface area contributed by atoms with Gasteiger partial charge in [-0.2, -0.15) is 11.3 Å². The van der Waals surface area contributed by atoms with Crippen LogP contribution >= 0.6 is 22.9 Å². The van der Waals surface area contributed by atoms with E-state index in [-0.39, 0.29) is 11.9 Å². The monoisotopic (exact) mass is 245 g/mol. The molecular formula is C11H16ClNOS. The van der Waals surface area contributed by atoms with Gasteiger partial charge in [0.05, 0.1) is 0 Å². The second kappa shape index (κ2) is 6.13. The molecule has 84 valence electrons. The summed E-state index contributed by atoms with van der Waals surface area (Å²) in [6.45, 7) is 4.24. The quantitative estimate of drug-likeness (QED) is 0.794. The summed E-state index contributed by atoms with van der Waals surface area (Å²) < 4.78 is 0. The predicted molar refractivity (Wildman–Crippen MR) is 65.7 cm³/mol. The number of thiophene rings is 1. The zero-order valence-corrected chi connectivity index (χ0v) is 10.6. The van der Waals surface area contributed by atoms with Crippen molar-refractivity contribution in [1.29, 1.82) is 0 Å². The lowest BCUT2D eigenvalue weighted by molar-refractivity contribution is 0.0937. The SMILES string of the molecule is CC(C)CC(CCl)NC(=O)c1ccsc1. The number of carbonyl (C=O) groups excluding carboxylic acids is 1. The number of carbonyl (C=O) groups is 1. The molecule has 1 aromatic heterocycles. The molecule has 0 spiro atoms. The number of nitrogens with one attached hydrogen (secondary N) is 1. The Hall–Kier alpha value is -0.540. The van der Waals surface area contributed by atoms with Crippen LogP contribution in [0.4, 0.5) is 0 Å². The fourth-order valence-corrected chi connectivity index (χ4v) is 2.23. The van der Waals surface area contributed by atoms with Gasteiger partial charge in [0.2, 0.25) is 0 Å². The molecule has 0 aliphatic heterocycles. The summed E-state index contributed by atoms with van der Waals surface area (Å²) in [4.78, 5) is 11.7. The molecule has 1 amide bonds. The molecule has 1 aromatic rings. The minimum absolute atomic E-state index is 0.0254. The molecule has 0 radical (unpaired) electrons. The van der Waals surface area contributed by atoms with E-state index in [0.29, 0.717) is 11.8 Å². The highest BCUT2D eigenvalue weighted by Gasteiger charge is 2.14. The van der Waals surface area contributed by atoms with Gasteiger partial charge in [0.1, 0.15) is 0 Å². The van der Waals surface area contributed by atoms with Gasteiger partial charge in [-0.1, -0.05) is 13.8 Å². The molecule has 1 rings (SSSR count). The second-order valence-corrected chi connectivity index (χ2v) is 5.05. The van der Waals surface area contributed by atoms with Crippen molar-refractivity contribution in [2.45, 2.75) is 26.3 Å². The fourth-order valence-electron chi connectivity index (χ4n) is 1.39. The van der Waals surface area contributed by atoms with Crippen molar-refractivity contribution in [2.24, 2.45) is 5.92 Å². The highest BCUT2D eigenvalue weighted by molar-refractivity contribution is 7.08. The van der Waals surface area contributed by atoms with Crippen molar-refractivity contribution in [1.82, 2.24) is 5.32 Å². The number of hydrogen-bond donors (Lipinski definition) is 1. The van der Waals surface area contributed by atoms with Crippen LogP contribution in [0.5, 0.6) is 0 Å². The molecule has 0 saturated heterocycles. The molecule has 15 heavy (non-hydrogen) atoms. The van der Waals surface area contributed by atoms with Gasteiger partial charge in [-0.15, -0.1) is 11.6 Å². The third-order valence-corrected chi connectivity index (χ3v) is 3.12. The van der Waals surface area contributed by atoms with Gasteiger partial charge in [-0.3, -0.25) is 4.79 Å². The average molecular weight is 246 g/mol. The summed E-state index contributed by atoms with van der Waals surface area (Å²) in [5.74, 6) is 0.979. The zero-order valence-electron chi connectivity index (χ0n) is 9.00. The number of hydrogen-bond acceptors (Lipinski definition) is 2. The third kappa shape index (κ3) is 4.22. The Kier molecular flexibility index (Phi) is 5.12. The van der Waals surface area contributed by atoms with Crippen LogP contribution in [0.2, 0.25) is 0 Å². The Morgan fingerprint density at radius 3 is 2.80 bits per heavy atom. The molecule has 0 saturated carbocycles. The number of amides is 1. The molecule has 0 aliphatic carbocycles. The van der Waals surface area contributed by atoms with Crippen LogP contribution in [0.25, 0.3) is 0 Å². The molecule has 4 heteroatoms. The van der Waals surface area contributed by atoms with Gasteiger partial charge >= 0.3 is 0 Å². The molecule has 1 atom stereocenters. The fraction of sp³-hybridized carbons (Fsp3) is 0.545. The van der Waals surface area contributed by atoms with E-state index in [1.807, 2.05) is 16.8 Å². The minimum atomic E-state index is -0.0254. The van der Waals surface area contributed by atoms with Crippen LogP contribution < -0.4 is 5.32 Å². The standard InChI is InChI=1S/C11H16ClNOS/c1-8(2)5-10(6-12)13-11(14)9-3-4-15-7-9/h3-4,7-8,10H,5-6H2,1-2H3,(H,13,14). The van der Waals surface area contributed by atoms with Crippen LogP contribution in [0.15, 0.2) is 16.8 Å². The lowest BCUT2D eigenvalue weighted by atomic mass is 10.1. The van der Waals surface area contributed by atoms with E-state index in [1.54, 1.807) is 0 Å². The molecule has 1 N–H and O–H groups in total. The summed E-state index contributed by atoms with van der Waals surface area (Å²) in [5, 5.41) is 6.68. The lowest BCUT2D eigenvalue weighted by Gasteiger charge is -2.17. The van der Waals surface area contributed by atoms with Gasteiger partial charge in [-0.05, 0) is 23.8 Å². The van der Waals surface area contributed by atoms with Crippen molar-refractivity contribution in [3.63, 3.8) is 0 Å². The Morgan fingerprint density at radius 1 is 1.60 bits per heavy atom. The molecule has 0 aromatic carbocycles. The van der Waals surface area contributed by atoms with Crippen molar-refractivity contribution in [2.75, 3.05) is 5.88 Å². The molecule has 2 nitrogen and oxygen atoms in total. The number of alkyl halides is 1. The van der Waals surface area contributed by atoms with Crippen LogP contribution in [-0.2, 0) is 0 Å². The molecule has 1 heterocycles. The maximum Gasteiger partial charge on any atom is 0.252 e. The van der Waals surface area contributed by atoms with Gasteiger partial charge < -0.3 is 5.32 Å². The molecule has 0 aliphatic rings. The maximum atomic E-state index is 11.7. The summed E-state index contributed by atoms with van der Waals surface area (Å²) in [6.07, 6.45) is 0.916. The summed E-state index contributed by atoms with van der Waals surface area (Å²) in [6, 6.07) is 1.89. The van der Waals surface area contributed by atoms with Crippen molar-refractivity contribution in [3.05, 3.63) is 22.4 Å². The Balaban J connectivity index is 2.48. The Labute approximate surface area is 99.6 Å². The van der Waals surface area contributed by atoms with Gasteiger partial charge in [0, 0.05) is 22.9 Å². The molecule has 1 unspecified atom stereocenters. The second-order valence-electron chi connectivity index (χ2n) is 3.97. The summed E-state index contributed by atoms with van der Waals surface area (Å²) >= 11 is 7.33. The first-order valence-corrected chi connectivity index (χ1v) is 6.50. The summed E-state index contributed by atoms with van der Waals surface area (Å²) in [7, 11) is 0. The topological polar surface area (TPSA) is 29.1 Å². The van der Waals surface area contributed by atoms with Gasteiger partial charge in [0.25, 0.3) is 5.91 Å². The normalized spacial score (nSPS) is 12.8. The van der Waals surface area contributed by atoms with E-state index in [0.717, 1.165) is 12.0 Å². The number of halogens is 1. The van der Waals surface area contributed by atoms with Crippen LogP contribution in [0.1, 0.15) is 30.6 Å². The Morgan fingerprint density at radius 2 is 2.33 bits per heavy atom. The van der Waals surface area contributed by atoms with E-state index < -0.39 is 0 Å². The average Bonchev–Trinajstić information content (AvgIpc) is 2.68. The van der Waals surface area contributed by atoms with E-state index in [9.17, 15) is 4.79 Å². The molecule has 0 bridgehead atoms. The zero-order chi connectivity index (χ0) is 11.3. The molecular weight excluding hydrogens is 230 g/mol. The first kappa shape index (κ1) is 12.5.